The number of aliphatic carboxylic acids is 1. The number of hydrogen-bond acceptors (Lipinski definition) is 2. The molecule has 1 saturated carbocycles. The Morgan fingerprint density at radius 1 is 1.32 bits per heavy atom. The molecule has 0 aromatic rings. The van der Waals surface area contributed by atoms with Gasteiger partial charge in [0.25, 0.3) is 0 Å². The number of nitrogens with zero attached hydrogens (tertiary/aromatic N) is 2. The third kappa shape index (κ3) is 4.40. The average molecular weight is 270 g/mol. The van der Waals surface area contributed by atoms with Gasteiger partial charge in [-0.25, -0.2) is 4.79 Å². The highest BCUT2D eigenvalue weighted by molar-refractivity contribution is 5.76. The summed E-state index contributed by atoms with van der Waals surface area (Å²) >= 11 is 0. The largest absolute Gasteiger partial charge is 0.481 e. The number of urea groups is 1. The molecule has 3 atom stereocenters. The van der Waals surface area contributed by atoms with Gasteiger partial charge in [-0.05, 0) is 18.8 Å². The lowest BCUT2D eigenvalue weighted by molar-refractivity contribution is -0.141. The van der Waals surface area contributed by atoms with Crippen LogP contribution < -0.4 is 0 Å². The minimum absolute atomic E-state index is 0.0767. The summed E-state index contributed by atoms with van der Waals surface area (Å²) in [6.07, 6.45) is 4.50. The van der Waals surface area contributed by atoms with Crippen LogP contribution in [0.15, 0.2) is 0 Å². The number of carbonyl (C=O) groups is 2. The molecular formula is C14H26N2O3. The molecule has 19 heavy (non-hydrogen) atoms. The standard InChI is InChI=1S/C14H26N2O3/c1-10-6-5-7-12(8-10)16(4)14(19)15(3)9-11(2)13(17)18/h10-12H,5-9H2,1-4H3,(H,17,18). The number of carbonyl (C=O) groups excluding carboxylic acids is 1. The quantitative estimate of drug-likeness (QED) is 0.852. The van der Waals surface area contributed by atoms with Crippen LogP contribution in [0.25, 0.3) is 0 Å². The summed E-state index contributed by atoms with van der Waals surface area (Å²) in [5.74, 6) is -0.738. The van der Waals surface area contributed by atoms with E-state index in [4.69, 9.17) is 5.11 Å². The Bertz CT molecular complexity index is 333. The van der Waals surface area contributed by atoms with Gasteiger partial charge in [0.15, 0.2) is 0 Å². The first-order valence-corrected chi connectivity index (χ1v) is 7.03. The van der Waals surface area contributed by atoms with Crippen molar-refractivity contribution < 1.29 is 14.7 Å². The Morgan fingerprint density at radius 2 is 1.95 bits per heavy atom. The van der Waals surface area contributed by atoms with Gasteiger partial charge in [-0.3, -0.25) is 4.79 Å². The van der Waals surface area contributed by atoms with Crippen molar-refractivity contribution in [2.45, 2.75) is 45.6 Å². The topological polar surface area (TPSA) is 60.9 Å². The highest BCUT2D eigenvalue weighted by Gasteiger charge is 2.28. The Hall–Kier alpha value is -1.26. The fraction of sp³-hybridized carbons (Fsp3) is 0.857. The molecule has 0 saturated heterocycles. The van der Waals surface area contributed by atoms with Crippen molar-refractivity contribution in [3.05, 3.63) is 0 Å². The van der Waals surface area contributed by atoms with E-state index in [9.17, 15) is 9.59 Å². The van der Waals surface area contributed by atoms with Crippen molar-refractivity contribution in [2.75, 3.05) is 20.6 Å². The summed E-state index contributed by atoms with van der Waals surface area (Å²) in [4.78, 5) is 26.4. The van der Waals surface area contributed by atoms with Crippen LogP contribution in [-0.2, 0) is 4.79 Å². The maximum Gasteiger partial charge on any atom is 0.319 e. The lowest BCUT2D eigenvalue weighted by Crippen LogP contribution is -2.47. The highest BCUT2D eigenvalue weighted by Crippen LogP contribution is 2.27. The first-order valence-electron chi connectivity index (χ1n) is 7.03. The van der Waals surface area contributed by atoms with Crippen molar-refractivity contribution in [2.24, 2.45) is 11.8 Å². The Labute approximate surface area is 115 Å². The zero-order valence-electron chi connectivity index (χ0n) is 12.4. The normalized spacial score (nSPS) is 24.6. The van der Waals surface area contributed by atoms with E-state index in [1.807, 2.05) is 7.05 Å². The van der Waals surface area contributed by atoms with E-state index in [2.05, 4.69) is 6.92 Å². The molecule has 0 radical (unpaired) electrons. The second-order valence-corrected chi connectivity index (χ2v) is 5.94. The molecule has 0 aromatic carbocycles. The third-order valence-electron chi connectivity index (χ3n) is 4.05. The molecule has 5 nitrogen and oxygen atoms in total. The van der Waals surface area contributed by atoms with Gasteiger partial charge in [0, 0.05) is 26.7 Å². The van der Waals surface area contributed by atoms with Crippen molar-refractivity contribution in [3.8, 4) is 0 Å². The number of carboxylic acid groups (broad SMARTS) is 1. The van der Waals surface area contributed by atoms with E-state index in [-0.39, 0.29) is 12.6 Å². The highest BCUT2D eigenvalue weighted by atomic mass is 16.4. The smallest absolute Gasteiger partial charge is 0.319 e. The SMILES string of the molecule is CC1CCCC(N(C)C(=O)N(C)CC(C)C(=O)O)C1. The number of amides is 2. The van der Waals surface area contributed by atoms with Crippen LogP contribution in [0.2, 0.25) is 0 Å². The van der Waals surface area contributed by atoms with Gasteiger partial charge in [0.2, 0.25) is 0 Å². The Kier molecular flexibility index (Phi) is 5.63. The van der Waals surface area contributed by atoms with Gasteiger partial charge in [-0.2, -0.15) is 0 Å². The van der Waals surface area contributed by atoms with E-state index < -0.39 is 11.9 Å². The lowest BCUT2D eigenvalue weighted by Gasteiger charge is -2.36. The first-order chi connectivity index (χ1) is 8.82. The average Bonchev–Trinajstić information content (AvgIpc) is 2.36. The molecule has 0 bridgehead atoms. The molecule has 0 heterocycles. The monoisotopic (exact) mass is 270 g/mol. The van der Waals surface area contributed by atoms with E-state index in [0.29, 0.717) is 12.0 Å². The zero-order chi connectivity index (χ0) is 14.6. The van der Waals surface area contributed by atoms with E-state index >= 15 is 0 Å². The van der Waals surface area contributed by atoms with Gasteiger partial charge in [-0.15, -0.1) is 0 Å². The first kappa shape index (κ1) is 15.8. The molecule has 2 amide bonds. The van der Waals surface area contributed by atoms with E-state index in [1.54, 1.807) is 18.9 Å². The number of rotatable bonds is 4. The van der Waals surface area contributed by atoms with Crippen LogP contribution in [0, 0.1) is 11.8 Å². The molecule has 1 N–H and O–H groups in total. The van der Waals surface area contributed by atoms with Crippen molar-refractivity contribution in [3.63, 3.8) is 0 Å². The minimum atomic E-state index is -0.867. The minimum Gasteiger partial charge on any atom is -0.481 e. The van der Waals surface area contributed by atoms with Crippen molar-refractivity contribution in [1.82, 2.24) is 9.80 Å². The summed E-state index contributed by atoms with van der Waals surface area (Å²) in [7, 11) is 3.50. The Balaban J connectivity index is 2.53. The van der Waals surface area contributed by atoms with Crippen LogP contribution in [-0.4, -0.2) is 53.6 Å². The van der Waals surface area contributed by atoms with Gasteiger partial charge >= 0.3 is 12.0 Å². The lowest BCUT2D eigenvalue weighted by atomic mass is 9.86. The molecule has 0 spiro atoms. The molecule has 3 unspecified atom stereocenters. The maximum absolute atomic E-state index is 12.3. The maximum atomic E-state index is 12.3. The van der Waals surface area contributed by atoms with Crippen LogP contribution >= 0.6 is 0 Å². The van der Waals surface area contributed by atoms with E-state index in [1.165, 1.54) is 17.7 Å². The molecule has 110 valence electrons. The fourth-order valence-electron chi connectivity index (χ4n) is 2.75. The number of carboxylic acids is 1. The van der Waals surface area contributed by atoms with Gasteiger partial charge in [0.1, 0.15) is 0 Å². The second kappa shape index (κ2) is 6.78. The Morgan fingerprint density at radius 3 is 2.47 bits per heavy atom. The molecule has 1 aliphatic carbocycles. The van der Waals surface area contributed by atoms with Crippen LogP contribution in [0.3, 0.4) is 0 Å². The summed E-state index contributed by atoms with van der Waals surface area (Å²) in [5, 5.41) is 8.88. The van der Waals surface area contributed by atoms with Crippen LogP contribution in [0.4, 0.5) is 4.79 Å². The van der Waals surface area contributed by atoms with Gasteiger partial charge < -0.3 is 14.9 Å². The van der Waals surface area contributed by atoms with Crippen LogP contribution in [0.5, 0.6) is 0 Å². The molecule has 1 rings (SSSR count). The summed E-state index contributed by atoms with van der Waals surface area (Å²) < 4.78 is 0. The number of hydrogen-bond donors (Lipinski definition) is 1. The van der Waals surface area contributed by atoms with Crippen molar-refractivity contribution in [1.29, 1.82) is 0 Å². The molecule has 1 aliphatic rings. The molecule has 0 aliphatic heterocycles. The molecule has 5 heteroatoms. The fourth-order valence-corrected chi connectivity index (χ4v) is 2.75. The molecule has 0 aromatic heterocycles. The molecule has 1 fully saturated rings. The summed E-state index contributed by atoms with van der Waals surface area (Å²) in [6.45, 7) is 4.09. The van der Waals surface area contributed by atoms with Crippen LogP contribution in [0.1, 0.15) is 39.5 Å². The van der Waals surface area contributed by atoms with Gasteiger partial charge in [-0.1, -0.05) is 26.7 Å². The summed E-state index contributed by atoms with van der Waals surface area (Å²) in [5.41, 5.74) is 0. The zero-order valence-corrected chi connectivity index (χ0v) is 12.4. The molecular weight excluding hydrogens is 244 g/mol. The van der Waals surface area contributed by atoms with Crippen molar-refractivity contribution >= 4 is 12.0 Å². The predicted octanol–water partition coefficient (Wildman–Crippen LogP) is 2.27. The van der Waals surface area contributed by atoms with Gasteiger partial charge in [0.05, 0.1) is 5.92 Å². The van der Waals surface area contributed by atoms with E-state index in [0.717, 1.165) is 12.8 Å². The predicted molar refractivity (Wildman–Crippen MR) is 74.0 cm³/mol. The summed E-state index contributed by atoms with van der Waals surface area (Å²) in [6, 6.07) is 0.214. The second-order valence-electron chi connectivity index (χ2n) is 5.94. The third-order valence-corrected chi connectivity index (χ3v) is 4.05.